The van der Waals surface area contributed by atoms with Crippen LogP contribution in [0.1, 0.15) is 41.6 Å². The second-order valence-electron chi connectivity index (χ2n) is 12.2. The predicted octanol–water partition coefficient (Wildman–Crippen LogP) is 6.74. The Balaban J connectivity index is 1.15. The number of rotatable bonds is 5. The molecule has 0 bridgehead atoms. The van der Waals surface area contributed by atoms with E-state index in [2.05, 4.69) is 21.2 Å². The van der Waals surface area contributed by atoms with E-state index in [0.717, 1.165) is 62.6 Å². The minimum absolute atomic E-state index is 0.224. The molecule has 180 valence electrons. The third kappa shape index (κ3) is 1.89. The topological polar surface area (TPSA) is 86.1 Å². The fraction of sp³-hybridized carbons (Fsp3) is 0.433. The number of carbonyl (C=O) groups is 1. The van der Waals surface area contributed by atoms with E-state index >= 15 is 0 Å². The molecule has 2 aromatic carbocycles. The molecule has 9 rings (SSSR count). The van der Waals surface area contributed by atoms with Crippen molar-refractivity contribution < 1.29 is 9.90 Å². The number of benzene rings is 2. The number of anilines is 2. The maximum absolute atomic E-state index is 12.0. The Morgan fingerprint density at radius 3 is 2.50 bits per heavy atom. The molecule has 1 aromatic heterocycles. The normalized spacial score (nSPS) is 41.3. The van der Waals surface area contributed by atoms with Crippen LogP contribution in [0.5, 0.6) is 0 Å². The van der Waals surface area contributed by atoms with E-state index < -0.39 is 5.97 Å². The number of aromatic nitrogens is 1. The molecule has 1 heterocycles. The molecule has 6 fully saturated rings. The van der Waals surface area contributed by atoms with Crippen LogP contribution in [-0.4, -0.2) is 21.8 Å². The van der Waals surface area contributed by atoms with Crippen LogP contribution in [-0.2, 0) is 0 Å². The number of nitrogens with one attached hydrogen (secondary N) is 2. The molecule has 3 N–H and O–H groups in total. The molecule has 5 nitrogen and oxygen atoms in total. The summed E-state index contributed by atoms with van der Waals surface area (Å²) in [5.74, 6) is 4.73. The molecule has 3 aromatic rings. The maximum atomic E-state index is 12.0. The van der Waals surface area contributed by atoms with Crippen LogP contribution in [0.2, 0.25) is 0 Å². The van der Waals surface area contributed by atoms with Gasteiger partial charge in [-0.25, -0.2) is 4.79 Å². The number of fused-ring (bicyclic) bond motifs is 3. The second-order valence-corrected chi connectivity index (χ2v) is 13.2. The van der Waals surface area contributed by atoms with Gasteiger partial charge in [-0.05, 0) is 102 Å². The highest BCUT2D eigenvalue weighted by Crippen LogP contribution is 3.04. The lowest BCUT2D eigenvalue weighted by Crippen LogP contribution is -2.96. The first-order chi connectivity index (χ1) is 17.5. The van der Waals surface area contributed by atoms with Crippen molar-refractivity contribution in [3.8, 4) is 0 Å². The third-order valence-corrected chi connectivity index (χ3v) is 12.4. The molecule has 9 unspecified atom stereocenters. The summed E-state index contributed by atoms with van der Waals surface area (Å²) in [6.07, 6.45) is 7.26. The number of halogens is 1. The molecule has 2 spiro atoms. The molecule has 0 aliphatic heterocycles. The van der Waals surface area contributed by atoms with E-state index in [0.29, 0.717) is 28.1 Å². The second kappa shape index (κ2) is 6.21. The average Bonchev–Trinajstić information content (AvgIpc) is 3.08. The van der Waals surface area contributed by atoms with Crippen molar-refractivity contribution in [1.82, 2.24) is 4.98 Å². The standard InChI is InChI=1S/C30H26BrN3O2/c31-14-5-6-24-17(9-14)27(34-25-4-2-1-3-15(25)28(35)36)18(12-33-24)26(32)16-10-22-20-7-13-8-21-23-11-19(16)30(22,23)29(13,20)21/h1-6,9,12-13,16,19-23,32H,7-8,10-11H2,(H,33,34)(H,35,36). The van der Waals surface area contributed by atoms with E-state index in [9.17, 15) is 15.3 Å². The number of carboxylic acid groups (broad SMARTS) is 1. The Hall–Kier alpha value is -2.73. The molecule has 6 saturated carbocycles. The van der Waals surface area contributed by atoms with Gasteiger partial charge < -0.3 is 15.8 Å². The molecule has 9 atom stereocenters. The molecule has 0 saturated heterocycles. The predicted molar refractivity (Wildman–Crippen MR) is 141 cm³/mol. The zero-order valence-electron chi connectivity index (χ0n) is 19.7. The van der Waals surface area contributed by atoms with Crippen molar-refractivity contribution in [2.24, 2.45) is 52.3 Å². The van der Waals surface area contributed by atoms with Gasteiger partial charge >= 0.3 is 5.97 Å². The van der Waals surface area contributed by atoms with Crippen molar-refractivity contribution in [2.45, 2.75) is 25.7 Å². The molecule has 0 radical (unpaired) electrons. The van der Waals surface area contributed by atoms with Crippen LogP contribution in [0.4, 0.5) is 11.4 Å². The van der Waals surface area contributed by atoms with Gasteiger partial charge in [-0.15, -0.1) is 0 Å². The van der Waals surface area contributed by atoms with E-state index in [1.54, 1.807) is 18.2 Å². The average molecular weight is 540 g/mol. The number of nitrogens with zero attached hydrogens (tertiary/aromatic N) is 1. The molecule has 6 heteroatoms. The Morgan fingerprint density at radius 1 is 0.972 bits per heavy atom. The summed E-state index contributed by atoms with van der Waals surface area (Å²) < 4.78 is 0.932. The first-order valence-corrected chi connectivity index (χ1v) is 14.0. The summed E-state index contributed by atoms with van der Waals surface area (Å²) in [5, 5.41) is 23.7. The van der Waals surface area contributed by atoms with Crippen molar-refractivity contribution >= 4 is 49.9 Å². The summed E-state index contributed by atoms with van der Waals surface area (Å²) >= 11 is 3.60. The molecule has 36 heavy (non-hydrogen) atoms. The number of carboxylic acids is 1. The first-order valence-electron chi connectivity index (χ1n) is 13.2. The van der Waals surface area contributed by atoms with Gasteiger partial charge in [-0.3, -0.25) is 4.98 Å². The van der Waals surface area contributed by atoms with Crippen LogP contribution in [0, 0.1) is 57.7 Å². The van der Waals surface area contributed by atoms with Gasteiger partial charge in [0.1, 0.15) is 0 Å². The van der Waals surface area contributed by atoms with Crippen molar-refractivity contribution in [3.63, 3.8) is 0 Å². The highest BCUT2D eigenvalue weighted by Gasteiger charge is 3.00. The SMILES string of the molecule is N=C(c1cnc2ccc(Br)cc2c1Nc1ccccc1C(=O)O)C1CC2C3CC4CC5C6CC1C26C435. The van der Waals surface area contributed by atoms with Gasteiger partial charge in [-0.2, -0.15) is 0 Å². The Morgan fingerprint density at radius 2 is 1.72 bits per heavy atom. The molecule has 0 amide bonds. The van der Waals surface area contributed by atoms with Gasteiger partial charge in [0.2, 0.25) is 0 Å². The quantitative estimate of drug-likeness (QED) is 0.313. The maximum Gasteiger partial charge on any atom is 0.337 e. The van der Waals surface area contributed by atoms with Gasteiger partial charge in [0, 0.05) is 33.2 Å². The van der Waals surface area contributed by atoms with Crippen LogP contribution >= 0.6 is 15.9 Å². The van der Waals surface area contributed by atoms with Gasteiger partial charge in [-0.1, -0.05) is 28.1 Å². The summed E-state index contributed by atoms with van der Waals surface area (Å²) in [5.41, 5.74) is 5.18. The highest BCUT2D eigenvalue weighted by atomic mass is 79.9. The largest absolute Gasteiger partial charge is 0.478 e. The number of aromatic carboxylic acids is 1. The van der Waals surface area contributed by atoms with E-state index in [4.69, 9.17) is 4.98 Å². The minimum Gasteiger partial charge on any atom is -0.478 e. The fourth-order valence-electron chi connectivity index (χ4n) is 11.2. The summed E-state index contributed by atoms with van der Waals surface area (Å²) in [4.78, 5) is 16.7. The van der Waals surface area contributed by atoms with Crippen molar-refractivity contribution in [1.29, 1.82) is 5.41 Å². The smallest absolute Gasteiger partial charge is 0.337 e. The number of para-hydroxylation sites is 1. The molecular weight excluding hydrogens is 514 g/mol. The Labute approximate surface area is 217 Å². The third-order valence-electron chi connectivity index (χ3n) is 12.0. The van der Waals surface area contributed by atoms with Gasteiger partial charge in [0.05, 0.1) is 22.5 Å². The minimum atomic E-state index is -0.967. The number of hydrogen-bond acceptors (Lipinski definition) is 4. The van der Waals surface area contributed by atoms with Gasteiger partial charge in [0.15, 0.2) is 0 Å². The van der Waals surface area contributed by atoms with E-state index in [-0.39, 0.29) is 11.5 Å². The van der Waals surface area contributed by atoms with Crippen LogP contribution in [0.3, 0.4) is 0 Å². The monoisotopic (exact) mass is 539 g/mol. The lowest BCUT2D eigenvalue weighted by Gasteiger charge is -3.00. The molecule has 6 aliphatic carbocycles. The Bertz CT molecular complexity index is 1570. The van der Waals surface area contributed by atoms with Gasteiger partial charge in [0.25, 0.3) is 0 Å². The highest BCUT2D eigenvalue weighted by molar-refractivity contribution is 9.10. The van der Waals surface area contributed by atoms with Crippen LogP contribution in [0.15, 0.2) is 53.1 Å². The lowest BCUT2D eigenvalue weighted by molar-refractivity contribution is -0.533. The van der Waals surface area contributed by atoms with Crippen LogP contribution in [0.25, 0.3) is 10.9 Å². The van der Waals surface area contributed by atoms with Crippen molar-refractivity contribution in [3.05, 3.63) is 64.3 Å². The zero-order valence-corrected chi connectivity index (χ0v) is 21.3. The van der Waals surface area contributed by atoms with Crippen LogP contribution < -0.4 is 5.32 Å². The number of hydrogen-bond donors (Lipinski definition) is 3. The Kier molecular flexibility index (Phi) is 3.51. The van der Waals surface area contributed by atoms with E-state index in [1.165, 1.54) is 19.3 Å². The molecule has 6 aliphatic rings. The summed E-state index contributed by atoms with van der Waals surface area (Å²) in [7, 11) is 0. The fourth-order valence-corrected chi connectivity index (χ4v) is 11.6. The lowest BCUT2D eigenvalue weighted by atomic mass is 9.04. The summed E-state index contributed by atoms with van der Waals surface area (Å²) in [6, 6.07) is 13.0. The van der Waals surface area contributed by atoms with Crippen molar-refractivity contribution in [2.75, 3.05) is 5.32 Å². The summed E-state index contributed by atoms with van der Waals surface area (Å²) in [6.45, 7) is 0. The number of pyridine rings is 1. The van der Waals surface area contributed by atoms with E-state index in [1.807, 2.05) is 30.5 Å². The zero-order chi connectivity index (χ0) is 24.1. The molecular formula is C30H26BrN3O2. The first kappa shape index (κ1) is 20.3.